The number of hydrogen-bond acceptors (Lipinski definition) is 4. The highest BCUT2D eigenvalue weighted by Gasteiger charge is 2.27. The van der Waals surface area contributed by atoms with Crippen LogP contribution in [0.4, 0.5) is 0 Å². The van der Waals surface area contributed by atoms with Gasteiger partial charge in [-0.2, -0.15) is 0 Å². The third-order valence-electron chi connectivity index (χ3n) is 5.43. The average Bonchev–Trinajstić information content (AvgIpc) is 3.27. The van der Waals surface area contributed by atoms with E-state index >= 15 is 0 Å². The number of aliphatic hydroxyl groups is 1. The van der Waals surface area contributed by atoms with Crippen molar-refractivity contribution < 1.29 is 14.6 Å². The molecule has 0 bridgehead atoms. The Morgan fingerprint density at radius 2 is 1.87 bits per heavy atom. The van der Waals surface area contributed by atoms with Crippen molar-refractivity contribution in [2.45, 2.75) is 31.8 Å². The monoisotopic (exact) mass is 411 g/mol. The molecule has 2 aromatic rings. The largest absolute Gasteiger partial charge is 0.497 e. The normalized spacial score (nSPS) is 17.7. The molecule has 0 saturated carbocycles. The van der Waals surface area contributed by atoms with Crippen LogP contribution < -0.4 is 14.8 Å². The summed E-state index contributed by atoms with van der Waals surface area (Å²) in [4.78, 5) is 6.99. The van der Waals surface area contributed by atoms with Crippen LogP contribution in [0.5, 0.6) is 11.5 Å². The van der Waals surface area contributed by atoms with Gasteiger partial charge in [0.2, 0.25) is 0 Å². The summed E-state index contributed by atoms with van der Waals surface area (Å²) >= 11 is 0. The highest BCUT2D eigenvalue weighted by atomic mass is 16.5. The van der Waals surface area contributed by atoms with Crippen LogP contribution in [0.1, 0.15) is 30.4 Å². The molecule has 1 heterocycles. The van der Waals surface area contributed by atoms with E-state index in [1.54, 1.807) is 14.2 Å². The molecule has 0 aromatic heterocycles. The fraction of sp³-hybridized carbons (Fsp3) is 0.458. The fourth-order valence-corrected chi connectivity index (χ4v) is 3.86. The summed E-state index contributed by atoms with van der Waals surface area (Å²) < 4.78 is 10.9. The predicted molar refractivity (Wildman–Crippen MR) is 121 cm³/mol. The second kappa shape index (κ2) is 10.9. The number of likely N-dealkylation sites (tertiary alicyclic amines) is 1. The number of benzene rings is 2. The Morgan fingerprint density at radius 3 is 2.50 bits per heavy atom. The second-order valence-electron chi connectivity index (χ2n) is 7.62. The Labute approximate surface area is 179 Å². The van der Waals surface area contributed by atoms with E-state index in [1.807, 2.05) is 36.4 Å². The lowest BCUT2D eigenvalue weighted by Gasteiger charge is -2.22. The molecule has 2 unspecified atom stereocenters. The van der Waals surface area contributed by atoms with Crippen LogP contribution in [0.2, 0.25) is 0 Å². The summed E-state index contributed by atoms with van der Waals surface area (Å²) in [5.74, 6) is 2.87. The van der Waals surface area contributed by atoms with E-state index < -0.39 is 6.10 Å². The van der Waals surface area contributed by atoms with Gasteiger partial charge in [0.15, 0.2) is 5.96 Å². The molecule has 2 N–H and O–H groups in total. The number of aliphatic imine (C=N–C) groups is 1. The van der Waals surface area contributed by atoms with Gasteiger partial charge in [-0.25, -0.2) is 0 Å². The first-order valence-corrected chi connectivity index (χ1v) is 10.6. The van der Waals surface area contributed by atoms with E-state index in [1.165, 1.54) is 5.56 Å². The SMILES string of the molecule is CCNC(=NCC(O)Cc1ccccc1)N1CCC(c2cc(OC)cc(OC)c2)C1. The lowest BCUT2D eigenvalue weighted by molar-refractivity contribution is 0.183. The van der Waals surface area contributed by atoms with E-state index in [2.05, 4.69) is 29.3 Å². The zero-order valence-electron chi connectivity index (χ0n) is 18.2. The summed E-state index contributed by atoms with van der Waals surface area (Å²) in [6, 6.07) is 16.1. The van der Waals surface area contributed by atoms with Crippen molar-refractivity contribution in [1.82, 2.24) is 10.2 Å². The maximum absolute atomic E-state index is 10.4. The Hall–Kier alpha value is -2.73. The highest BCUT2D eigenvalue weighted by molar-refractivity contribution is 5.80. The first kappa shape index (κ1) is 22.0. The number of rotatable bonds is 8. The number of methoxy groups -OCH3 is 2. The van der Waals surface area contributed by atoms with Crippen molar-refractivity contribution in [1.29, 1.82) is 0 Å². The van der Waals surface area contributed by atoms with Crippen molar-refractivity contribution in [3.63, 3.8) is 0 Å². The smallest absolute Gasteiger partial charge is 0.194 e. The topological polar surface area (TPSA) is 66.3 Å². The van der Waals surface area contributed by atoms with Gasteiger partial charge in [-0.05, 0) is 36.6 Å². The first-order valence-electron chi connectivity index (χ1n) is 10.6. The van der Waals surface area contributed by atoms with Crippen molar-refractivity contribution in [2.75, 3.05) is 40.4 Å². The maximum atomic E-state index is 10.4. The zero-order chi connectivity index (χ0) is 21.3. The van der Waals surface area contributed by atoms with Gasteiger partial charge < -0.3 is 24.8 Å². The maximum Gasteiger partial charge on any atom is 0.194 e. The lowest BCUT2D eigenvalue weighted by atomic mass is 9.98. The van der Waals surface area contributed by atoms with Crippen LogP contribution in [0.25, 0.3) is 0 Å². The average molecular weight is 412 g/mol. The summed E-state index contributed by atoms with van der Waals surface area (Å²) in [7, 11) is 3.35. The summed E-state index contributed by atoms with van der Waals surface area (Å²) in [6.45, 7) is 5.03. The molecule has 0 radical (unpaired) electrons. The fourth-order valence-electron chi connectivity index (χ4n) is 3.86. The molecule has 3 rings (SSSR count). The predicted octanol–water partition coefficient (Wildman–Crippen LogP) is 3.06. The van der Waals surface area contributed by atoms with Crippen molar-refractivity contribution in [2.24, 2.45) is 4.99 Å². The first-order chi connectivity index (χ1) is 14.6. The molecule has 1 aliphatic heterocycles. The molecule has 162 valence electrons. The molecule has 0 amide bonds. The van der Waals surface area contributed by atoms with E-state index in [0.717, 1.165) is 49.1 Å². The van der Waals surface area contributed by atoms with Crippen LogP contribution in [-0.2, 0) is 6.42 Å². The van der Waals surface area contributed by atoms with Crippen LogP contribution in [0.3, 0.4) is 0 Å². The van der Waals surface area contributed by atoms with Crippen LogP contribution in [-0.4, -0.2) is 62.5 Å². The van der Waals surface area contributed by atoms with Gasteiger partial charge in [0.1, 0.15) is 11.5 Å². The highest BCUT2D eigenvalue weighted by Crippen LogP contribution is 2.32. The number of hydrogen-bond donors (Lipinski definition) is 2. The molecular weight excluding hydrogens is 378 g/mol. The zero-order valence-corrected chi connectivity index (χ0v) is 18.2. The quantitative estimate of drug-likeness (QED) is 0.516. The summed E-state index contributed by atoms with van der Waals surface area (Å²) in [5.41, 5.74) is 2.34. The molecule has 1 fully saturated rings. The number of ether oxygens (including phenoxy) is 2. The third kappa shape index (κ3) is 5.89. The Morgan fingerprint density at radius 1 is 1.17 bits per heavy atom. The Kier molecular flexibility index (Phi) is 7.97. The van der Waals surface area contributed by atoms with Gasteiger partial charge >= 0.3 is 0 Å². The van der Waals surface area contributed by atoms with E-state index in [0.29, 0.717) is 18.9 Å². The minimum atomic E-state index is -0.498. The molecule has 2 atom stereocenters. The lowest BCUT2D eigenvalue weighted by Crippen LogP contribution is -2.40. The van der Waals surface area contributed by atoms with Gasteiger partial charge in [0.25, 0.3) is 0 Å². The molecule has 0 spiro atoms. The number of nitrogens with one attached hydrogen (secondary N) is 1. The molecule has 1 aliphatic rings. The molecule has 2 aromatic carbocycles. The molecule has 0 aliphatic carbocycles. The number of nitrogens with zero attached hydrogens (tertiary/aromatic N) is 2. The third-order valence-corrected chi connectivity index (χ3v) is 5.43. The molecule has 6 nitrogen and oxygen atoms in total. The minimum Gasteiger partial charge on any atom is -0.497 e. The van der Waals surface area contributed by atoms with Crippen molar-refractivity contribution >= 4 is 5.96 Å². The summed E-state index contributed by atoms with van der Waals surface area (Å²) in [6.07, 6.45) is 1.14. The van der Waals surface area contributed by atoms with E-state index in [-0.39, 0.29) is 0 Å². The molecular formula is C24H33N3O3. The number of guanidine groups is 1. The van der Waals surface area contributed by atoms with Gasteiger partial charge in [0.05, 0.1) is 26.9 Å². The van der Waals surface area contributed by atoms with Gasteiger partial charge in [-0.3, -0.25) is 4.99 Å². The van der Waals surface area contributed by atoms with Crippen LogP contribution >= 0.6 is 0 Å². The molecule has 6 heteroatoms. The Bertz CT molecular complexity index is 803. The van der Waals surface area contributed by atoms with Crippen molar-refractivity contribution in [3.05, 3.63) is 59.7 Å². The second-order valence-corrected chi connectivity index (χ2v) is 7.62. The molecule has 30 heavy (non-hydrogen) atoms. The van der Waals surface area contributed by atoms with Gasteiger partial charge in [-0.1, -0.05) is 30.3 Å². The number of aliphatic hydroxyl groups excluding tert-OH is 1. The van der Waals surface area contributed by atoms with Crippen molar-refractivity contribution in [3.8, 4) is 11.5 Å². The minimum absolute atomic E-state index is 0.380. The standard InChI is InChI=1S/C24H33N3O3/c1-4-25-24(26-16-21(28)12-18-8-6-5-7-9-18)27-11-10-19(17-27)20-13-22(29-2)15-23(14-20)30-3/h5-9,13-15,19,21,28H,4,10-12,16-17H2,1-3H3,(H,25,26). The van der Waals surface area contributed by atoms with Gasteiger partial charge in [-0.15, -0.1) is 0 Å². The molecule has 1 saturated heterocycles. The van der Waals surface area contributed by atoms with E-state index in [9.17, 15) is 5.11 Å². The van der Waals surface area contributed by atoms with Gasteiger partial charge in [0, 0.05) is 38.0 Å². The summed E-state index contributed by atoms with van der Waals surface area (Å²) in [5, 5.41) is 13.8. The van der Waals surface area contributed by atoms with Crippen LogP contribution in [0, 0.1) is 0 Å². The van der Waals surface area contributed by atoms with E-state index in [4.69, 9.17) is 14.5 Å². The van der Waals surface area contributed by atoms with Crippen LogP contribution in [0.15, 0.2) is 53.5 Å². The Balaban J connectivity index is 1.65.